The van der Waals surface area contributed by atoms with Crippen molar-refractivity contribution in [1.29, 1.82) is 0 Å². The molecule has 82 valence electrons. The SMILES string of the molecule is Cc1cc(C)c(C(=O)C(C)(C)Br)c(C)c1. The number of hydrogen-bond acceptors (Lipinski definition) is 1. The number of halogens is 1. The van der Waals surface area contributed by atoms with Crippen LogP contribution >= 0.6 is 15.9 Å². The summed E-state index contributed by atoms with van der Waals surface area (Å²) in [5, 5.41) is 0. The zero-order valence-electron chi connectivity index (χ0n) is 9.94. The molecule has 0 bridgehead atoms. The molecule has 15 heavy (non-hydrogen) atoms. The molecule has 1 aromatic carbocycles. The summed E-state index contributed by atoms with van der Waals surface area (Å²) in [6.07, 6.45) is 0. The topological polar surface area (TPSA) is 17.1 Å². The van der Waals surface area contributed by atoms with Gasteiger partial charge in [0.2, 0.25) is 0 Å². The Morgan fingerprint density at radius 2 is 1.53 bits per heavy atom. The zero-order chi connectivity index (χ0) is 11.8. The number of hydrogen-bond donors (Lipinski definition) is 0. The van der Waals surface area contributed by atoms with E-state index in [1.54, 1.807) is 0 Å². The lowest BCUT2D eigenvalue weighted by Crippen LogP contribution is -2.25. The Morgan fingerprint density at radius 3 is 1.87 bits per heavy atom. The largest absolute Gasteiger partial charge is 0.293 e. The molecule has 0 N–H and O–H groups in total. The quantitative estimate of drug-likeness (QED) is 0.586. The number of carbonyl (C=O) groups is 1. The standard InChI is InChI=1S/C13H17BrO/c1-8-6-9(2)11(10(3)7-8)12(15)13(4,5)14/h6-7H,1-5H3. The molecular formula is C13H17BrO. The van der Waals surface area contributed by atoms with Crippen molar-refractivity contribution in [2.45, 2.75) is 38.9 Å². The Morgan fingerprint density at radius 1 is 1.13 bits per heavy atom. The van der Waals surface area contributed by atoms with Gasteiger partial charge in [0, 0.05) is 5.56 Å². The summed E-state index contributed by atoms with van der Waals surface area (Å²) >= 11 is 3.42. The molecule has 0 aliphatic rings. The van der Waals surface area contributed by atoms with Crippen molar-refractivity contribution in [2.24, 2.45) is 0 Å². The highest BCUT2D eigenvalue weighted by Gasteiger charge is 2.27. The van der Waals surface area contributed by atoms with Crippen molar-refractivity contribution in [2.75, 3.05) is 0 Å². The van der Waals surface area contributed by atoms with Gasteiger partial charge in [0.05, 0.1) is 4.32 Å². The van der Waals surface area contributed by atoms with Crippen LogP contribution in [-0.2, 0) is 0 Å². The van der Waals surface area contributed by atoms with E-state index in [4.69, 9.17) is 0 Å². The summed E-state index contributed by atoms with van der Waals surface area (Å²) < 4.78 is -0.488. The van der Waals surface area contributed by atoms with E-state index in [2.05, 4.69) is 28.1 Å². The van der Waals surface area contributed by atoms with E-state index >= 15 is 0 Å². The summed E-state index contributed by atoms with van der Waals surface area (Å²) in [6, 6.07) is 4.11. The Balaban J connectivity index is 3.33. The van der Waals surface area contributed by atoms with Gasteiger partial charge in [-0.2, -0.15) is 0 Å². The van der Waals surface area contributed by atoms with E-state index in [0.717, 1.165) is 16.7 Å². The van der Waals surface area contributed by atoms with Crippen LogP contribution in [0.4, 0.5) is 0 Å². The van der Waals surface area contributed by atoms with Crippen molar-refractivity contribution in [3.05, 3.63) is 34.4 Å². The first-order valence-corrected chi connectivity index (χ1v) is 5.84. The van der Waals surface area contributed by atoms with Crippen LogP contribution in [0.1, 0.15) is 40.9 Å². The van der Waals surface area contributed by atoms with E-state index in [1.165, 1.54) is 5.56 Å². The summed E-state index contributed by atoms with van der Waals surface area (Å²) in [6.45, 7) is 9.80. The maximum absolute atomic E-state index is 12.2. The number of ketones is 1. The van der Waals surface area contributed by atoms with Crippen molar-refractivity contribution in [3.63, 3.8) is 0 Å². The molecule has 1 aromatic rings. The Bertz CT molecular complexity index is 376. The second kappa shape index (κ2) is 4.09. The summed E-state index contributed by atoms with van der Waals surface area (Å²) in [5.41, 5.74) is 4.17. The second-order valence-electron chi connectivity index (χ2n) is 4.58. The molecule has 0 saturated heterocycles. The predicted molar refractivity (Wildman–Crippen MR) is 68.0 cm³/mol. The molecular weight excluding hydrogens is 252 g/mol. The highest BCUT2D eigenvalue weighted by molar-refractivity contribution is 9.10. The Hall–Kier alpha value is -0.630. The average Bonchev–Trinajstić information content (AvgIpc) is 1.99. The van der Waals surface area contributed by atoms with Gasteiger partial charge < -0.3 is 0 Å². The first-order chi connectivity index (χ1) is 6.73. The van der Waals surface area contributed by atoms with E-state index in [1.807, 2.05) is 34.6 Å². The minimum Gasteiger partial charge on any atom is -0.293 e. The van der Waals surface area contributed by atoms with Gasteiger partial charge in [0.1, 0.15) is 0 Å². The van der Waals surface area contributed by atoms with Gasteiger partial charge in [-0.25, -0.2) is 0 Å². The first kappa shape index (κ1) is 12.4. The van der Waals surface area contributed by atoms with E-state index in [0.29, 0.717) is 0 Å². The fourth-order valence-electron chi connectivity index (χ4n) is 1.84. The zero-order valence-corrected chi connectivity index (χ0v) is 11.5. The third-order valence-electron chi connectivity index (χ3n) is 2.44. The Kier molecular flexibility index (Phi) is 3.39. The number of Topliss-reactive ketones (excluding diaryl/α,β-unsaturated/α-hetero) is 1. The molecule has 0 aliphatic heterocycles. The van der Waals surface area contributed by atoms with Crippen molar-refractivity contribution < 1.29 is 4.79 Å². The highest BCUT2D eigenvalue weighted by Crippen LogP contribution is 2.26. The molecule has 0 spiro atoms. The van der Waals surface area contributed by atoms with Gasteiger partial charge in [-0.3, -0.25) is 4.79 Å². The summed E-state index contributed by atoms with van der Waals surface area (Å²) in [5.74, 6) is 0.150. The highest BCUT2D eigenvalue weighted by atomic mass is 79.9. The smallest absolute Gasteiger partial charge is 0.179 e. The molecule has 0 aliphatic carbocycles. The number of rotatable bonds is 2. The van der Waals surface area contributed by atoms with Crippen LogP contribution in [0.15, 0.2) is 12.1 Å². The van der Waals surface area contributed by atoms with Crippen molar-refractivity contribution in [3.8, 4) is 0 Å². The maximum Gasteiger partial charge on any atom is 0.179 e. The predicted octanol–water partition coefficient (Wildman–Crippen LogP) is 3.97. The number of carbonyl (C=O) groups excluding carboxylic acids is 1. The minimum absolute atomic E-state index is 0.150. The van der Waals surface area contributed by atoms with E-state index < -0.39 is 4.32 Å². The third kappa shape index (κ3) is 2.69. The van der Waals surface area contributed by atoms with Crippen LogP contribution in [0.25, 0.3) is 0 Å². The molecule has 2 heteroatoms. The van der Waals surface area contributed by atoms with Crippen molar-refractivity contribution in [1.82, 2.24) is 0 Å². The fraction of sp³-hybridized carbons (Fsp3) is 0.462. The van der Waals surface area contributed by atoms with Crippen LogP contribution < -0.4 is 0 Å². The molecule has 0 saturated carbocycles. The van der Waals surface area contributed by atoms with Crippen LogP contribution in [0.5, 0.6) is 0 Å². The lowest BCUT2D eigenvalue weighted by molar-refractivity contribution is 0.0960. The number of aryl methyl sites for hydroxylation is 3. The first-order valence-electron chi connectivity index (χ1n) is 5.05. The minimum atomic E-state index is -0.488. The number of benzene rings is 1. The molecule has 0 heterocycles. The molecule has 0 unspecified atom stereocenters. The van der Waals surface area contributed by atoms with Gasteiger partial charge >= 0.3 is 0 Å². The van der Waals surface area contributed by atoms with Gasteiger partial charge in [-0.05, 0) is 45.7 Å². The molecule has 0 aromatic heterocycles. The van der Waals surface area contributed by atoms with Gasteiger partial charge in [-0.15, -0.1) is 0 Å². The van der Waals surface area contributed by atoms with Crippen LogP contribution in [0.2, 0.25) is 0 Å². The maximum atomic E-state index is 12.2. The summed E-state index contributed by atoms with van der Waals surface area (Å²) in [4.78, 5) is 12.2. The molecule has 0 amide bonds. The number of alkyl halides is 1. The Labute approximate surface area is 100 Å². The van der Waals surface area contributed by atoms with Crippen LogP contribution in [0.3, 0.4) is 0 Å². The van der Waals surface area contributed by atoms with Crippen LogP contribution in [-0.4, -0.2) is 10.1 Å². The van der Waals surface area contributed by atoms with Crippen LogP contribution in [0, 0.1) is 20.8 Å². The van der Waals surface area contributed by atoms with Gasteiger partial charge in [-0.1, -0.05) is 33.6 Å². The molecule has 0 radical (unpaired) electrons. The average molecular weight is 269 g/mol. The second-order valence-corrected chi connectivity index (χ2v) is 6.56. The molecule has 0 fully saturated rings. The van der Waals surface area contributed by atoms with E-state index in [9.17, 15) is 4.79 Å². The summed E-state index contributed by atoms with van der Waals surface area (Å²) in [7, 11) is 0. The van der Waals surface area contributed by atoms with Gasteiger partial charge in [0.25, 0.3) is 0 Å². The van der Waals surface area contributed by atoms with Crippen molar-refractivity contribution >= 4 is 21.7 Å². The lowest BCUT2D eigenvalue weighted by Gasteiger charge is -2.18. The monoisotopic (exact) mass is 268 g/mol. The fourth-order valence-corrected chi connectivity index (χ4v) is 2.03. The normalized spacial score (nSPS) is 11.6. The molecule has 1 nitrogen and oxygen atoms in total. The third-order valence-corrected chi connectivity index (χ3v) is 2.80. The molecule has 1 rings (SSSR count). The van der Waals surface area contributed by atoms with E-state index in [-0.39, 0.29) is 5.78 Å². The molecule has 0 atom stereocenters. The van der Waals surface area contributed by atoms with Gasteiger partial charge in [0.15, 0.2) is 5.78 Å². The lowest BCUT2D eigenvalue weighted by atomic mass is 9.91.